The molecule has 0 saturated carbocycles. The quantitative estimate of drug-likeness (QED) is 0.613. The lowest BCUT2D eigenvalue weighted by atomic mass is 9.96. The first-order valence-electron chi connectivity index (χ1n) is 11.0. The monoisotopic (exact) mass is 481 g/mol. The number of carbonyl (C=O) groups excluding carboxylic acids is 2. The van der Waals surface area contributed by atoms with Crippen LogP contribution in [0.3, 0.4) is 0 Å². The number of hydrogen-bond donors (Lipinski definition) is 0. The first-order chi connectivity index (χ1) is 16.1. The van der Waals surface area contributed by atoms with Crippen molar-refractivity contribution in [2.45, 2.75) is 18.6 Å². The van der Waals surface area contributed by atoms with Crippen LogP contribution in [0, 0.1) is 17.6 Å². The van der Waals surface area contributed by atoms with Crippen molar-refractivity contribution < 1.29 is 31.5 Å². The summed E-state index contributed by atoms with van der Waals surface area (Å²) in [5.41, 5.74) is 1.63. The molecular weight excluding hydrogens is 457 g/mol. The van der Waals surface area contributed by atoms with Crippen molar-refractivity contribution in [1.82, 2.24) is 14.7 Å². The zero-order valence-corrected chi connectivity index (χ0v) is 18.3. The maximum atomic E-state index is 13.5. The van der Waals surface area contributed by atoms with Crippen molar-refractivity contribution >= 4 is 11.8 Å². The van der Waals surface area contributed by atoms with Gasteiger partial charge in [-0.1, -0.05) is 24.3 Å². The van der Waals surface area contributed by atoms with E-state index in [4.69, 9.17) is 0 Å². The molecule has 2 fully saturated rings. The molecule has 2 aliphatic heterocycles. The average molecular weight is 481 g/mol. The lowest BCUT2D eigenvalue weighted by molar-refractivity contribution is -0.157. The lowest BCUT2D eigenvalue weighted by Gasteiger charge is -2.40. The van der Waals surface area contributed by atoms with Crippen molar-refractivity contribution in [2.75, 3.05) is 39.3 Å². The van der Waals surface area contributed by atoms with Gasteiger partial charge in [-0.25, -0.2) is 8.78 Å². The molecule has 0 spiro atoms. The van der Waals surface area contributed by atoms with Gasteiger partial charge in [-0.3, -0.25) is 14.5 Å². The van der Waals surface area contributed by atoms with Crippen LogP contribution in [-0.2, 0) is 9.59 Å². The van der Waals surface area contributed by atoms with Gasteiger partial charge in [0.15, 0.2) is 0 Å². The predicted octanol–water partition coefficient (Wildman–Crippen LogP) is 3.61. The summed E-state index contributed by atoms with van der Waals surface area (Å²) in [5.74, 6) is -2.52. The van der Waals surface area contributed by atoms with Crippen LogP contribution in [0.4, 0.5) is 22.0 Å². The van der Waals surface area contributed by atoms with Gasteiger partial charge >= 0.3 is 6.18 Å². The van der Waals surface area contributed by atoms with Gasteiger partial charge in [-0.2, -0.15) is 13.2 Å². The second-order valence-electron chi connectivity index (χ2n) is 8.66. The molecule has 2 aliphatic rings. The number of carbonyl (C=O) groups is 2. The van der Waals surface area contributed by atoms with E-state index in [9.17, 15) is 31.5 Å². The Morgan fingerprint density at radius 2 is 1.38 bits per heavy atom. The largest absolute Gasteiger partial charge is 0.406 e. The van der Waals surface area contributed by atoms with E-state index >= 15 is 0 Å². The predicted molar refractivity (Wildman–Crippen MR) is 114 cm³/mol. The molecule has 5 nitrogen and oxygen atoms in total. The van der Waals surface area contributed by atoms with Crippen molar-refractivity contribution in [3.63, 3.8) is 0 Å². The molecule has 0 aromatic heterocycles. The van der Waals surface area contributed by atoms with Crippen LogP contribution in [-0.4, -0.2) is 72.0 Å². The molecule has 2 aromatic rings. The minimum Gasteiger partial charge on any atom is -0.340 e. The first-order valence-corrected chi connectivity index (χ1v) is 11.0. The molecule has 4 rings (SSSR count). The highest BCUT2D eigenvalue weighted by atomic mass is 19.4. The van der Waals surface area contributed by atoms with E-state index in [1.165, 1.54) is 24.3 Å². The van der Waals surface area contributed by atoms with Gasteiger partial charge in [0.05, 0.1) is 12.0 Å². The smallest absolute Gasteiger partial charge is 0.340 e. The molecular formula is C24H24F5N3O2. The number of halogens is 5. The number of nitrogens with zero attached hydrogens (tertiary/aromatic N) is 3. The maximum absolute atomic E-state index is 13.5. The number of likely N-dealkylation sites (tertiary alicyclic amines) is 1. The van der Waals surface area contributed by atoms with E-state index in [0.717, 1.165) is 11.1 Å². The van der Waals surface area contributed by atoms with Gasteiger partial charge in [0, 0.05) is 39.1 Å². The molecule has 2 aromatic carbocycles. The summed E-state index contributed by atoms with van der Waals surface area (Å²) in [5, 5.41) is 0. The average Bonchev–Trinajstić information content (AvgIpc) is 3.15. The van der Waals surface area contributed by atoms with Crippen LogP contribution in [0.5, 0.6) is 0 Å². The second kappa shape index (κ2) is 9.69. The molecule has 0 bridgehead atoms. The van der Waals surface area contributed by atoms with Gasteiger partial charge in [0.2, 0.25) is 11.8 Å². The fourth-order valence-electron chi connectivity index (χ4n) is 4.67. The Labute approximate surface area is 193 Å². The number of amides is 2. The number of hydrogen-bond acceptors (Lipinski definition) is 3. The maximum Gasteiger partial charge on any atom is 0.406 e. The van der Waals surface area contributed by atoms with E-state index in [0.29, 0.717) is 31.1 Å². The Kier molecular flexibility index (Phi) is 6.88. The van der Waals surface area contributed by atoms with E-state index in [1.54, 1.807) is 29.2 Å². The Bertz CT molecular complexity index is 973. The number of benzene rings is 2. The van der Waals surface area contributed by atoms with Gasteiger partial charge in [-0.15, -0.1) is 0 Å². The zero-order valence-electron chi connectivity index (χ0n) is 18.3. The van der Waals surface area contributed by atoms with Crippen LogP contribution >= 0.6 is 0 Å². The van der Waals surface area contributed by atoms with E-state index in [-0.39, 0.29) is 36.5 Å². The highest BCUT2D eigenvalue weighted by Gasteiger charge is 2.42. The summed E-state index contributed by atoms with van der Waals surface area (Å²) in [6.07, 6.45) is -4.72. The van der Waals surface area contributed by atoms with E-state index in [1.807, 2.05) is 0 Å². The molecule has 0 aliphatic carbocycles. The van der Waals surface area contributed by atoms with Crippen molar-refractivity contribution in [3.8, 4) is 0 Å². The molecule has 1 atom stereocenters. The molecule has 2 amide bonds. The fraction of sp³-hybridized carbons (Fsp3) is 0.417. The van der Waals surface area contributed by atoms with Crippen LogP contribution in [0.1, 0.15) is 23.6 Å². The summed E-state index contributed by atoms with van der Waals surface area (Å²) in [7, 11) is 0. The minimum atomic E-state index is -4.51. The summed E-state index contributed by atoms with van der Waals surface area (Å²) < 4.78 is 65.0. The SMILES string of the molecule is O=C1CC(C(=O)N2CCN(C(c3ccc(F)cc3)c3ccc(F)cc3)CC2)CN1CC(F)(F)F. The van der Waals surface area contributed by atoms with Crippen LogP contribution in [0.2, 0.25) is 0 Å². The summed E-state index contributed by atoms with van der Waals surface area (Å²) in [6, 6.07) is 11.8. The number of alkyl halides is 3. The Balaban J connectivity index is 1.43. The first kappa shape index (κ1) is 24.1. The topological polar surface area (TPSA) is 43.9 Å². The molecule has 0 N–H and O–H groups in total. The molecule has 2 heterocycles. The van der Waals surface area contributed by atoms with E-state index < -0.39 is 24.5 Å². The van der Waals surface area contributed by atoms with Crippen molar-refractivity contribution in [3.05, 3.63) is 71.3 Å². The number of rotatable bonds is 5. The zero-order chi connectivity index (χ0) is 24.5. The van der Waals surface area contributed by atoms with Crippen LogP contribution < -0.4 is 0 Å². The Morgan fingerprint density at radius 1 is 0.882 bits per heavy atom. The van der Waals surface area contributed by atoms with Gasteiger partial charge in [-0.05, 0) is 35.4 Å². The third-order valence-corrected chi connectivity index (χ3v) is 6.30. The van der Waals surface area contributed by atoms with Crippen molar-refractivity contribution in [2.24, 2.45) is 5.92 Å². The Hall–Kier alpha value is -3.01. The third kappa shape index (κ3) is 5.55. The second-order valence-corrected chi connectivity index (χ2v) is 8.66. The fourth-order valence-corrected chi connectivity index (χ4v) is 4.67. The number of piperazine rings is 1. The highest BCUT2D eigenvalue weighted by molar-refractivity contribution is 5.89. The Morgan fingerprint density at radius 3 is 1.85 bits per heavy atom. The van der Waals surface area contributed by atoms with Gasteiger partial charge < -0.3 is 9.80 Å². The standard InChI is InChI=1S/C24H24F5N3O2/c25-19-5-1-16(2-6-19)22(17-3-7-20(26)8-4-17)30-9-11-31(12-10-30)23(34)18-13-21(33)32(14-18)15-24(27,28)29/h1-8,18,22H,9-15H2. The molecule has 10 heteroatoms. The van der Waals surface area contributed by atoms with Gasteiger partial charge in [0.25, 0.3) is 0 Å². The summed E-state index contributed by atoms with van der Waals surface area (Å²) in [6.45, 7) is 0.00510. The molecule has 2 saturated heterocycles. The third-order valence-electron chi connectivity index (χ3n) is 6.30. The molecule has 1 unspecified atom stereocenters. The summed E-state index contributed by atoms with van der Waals surface area (Å²) in [4.78, 5) is 29.2. The molecule has 34 heavy (non-hydrogen) atoms. The molecule has 0 radical (unpaired) electrons. The van der Waals surface area contributed by atoms with E-state index in [2.05, 4.69) is 4.90 Å². The molecule has 182 valence electrons. The lowest BCUT2D eigenvalue weighted by Crippen LogP contribution is -2.51. The highest BCUT2D eigenvalue weighted by Crippen LogP contribution is 2.31. The minimum absolute atomic E-state index is 0.219. The normalized spacial score (nSPS) is 19.8. The van der Waals surface area contributed by atoms with Crippen LogP contribution in [0.15, 0.2) is 48.5 Å². The van der Waals surface area contributed by atoms with Crippen molar-refractivity contribution in [1.29, 1.82) is 0 Å². The summed E-state index contributed by atoms with van der Waals surface area (Å²) >= 11 is 0. The van der Waals surface area contributed by atoms with Crippen LogP contribution in [0.25, 0.3) is 0 Å². The van der Waals surface area contributed by atoms with Gasteiger partial charge in [0.1, 0.15) is 18.2 Å².